The number of hydrogen-bond donors (Lipinski definition) is 0. The van der Waals surface area contributed by atoms with Crippen molar-refractivity contribution in [3.05, 3.63) is 59.7 Å². The van der Waals surface area contributed by atoms with Crippen LogP contribution in [0.2, 0.25) is 0 Å². The molecule has 0 heterocycles. The summed E-state index contributed by atoms with van der Waals surface area (Å²) in [4.78, 5) is 0. The summed E-state index contributed by atoms with van der Waals surface area (Å²) in [5.41, 5.74) is 3.20. The van der Waals surface area contributed by atoms with Crippen molar-refractivity contribution in [1.82, 2.24) is 0 Å². The topological polar surface area (TPSA) is 0 Å². The Labute approximate surface area is 140 Å². The Kier molecular flexibility index (Phi) is 3.92. The van der Waals surface area contributed by atoms with Crippen LogP contribution in [0.1, 0.15) is 30.4 Å². The highest BCUT2D eigenvalue weighted by Gasteiger charge is 2.20. The van der Waals surface area contributed by atoms with E-state index in [-0.39, 0.29) is 0 Å². The highest BCUT2D eigenvalue weighted by molar-refractivity contribution is 9.09. The Hall–Kier alpha value is -1.34. The van der Waals surface area contributed by atoms with E-state index < -0.39 is 0 Å². The van der Waals surface area contributed by atoms with Crippen molar-refractivity contribution >= 4 is 37.5 Å². The maximum atomic E-state index is 3.56. The summed E-state index contributed by atoms with van der Waals surface area (Å²) in [6, 6.07) is 18.1. The molecular weight excluding hydrogens is 332 g/mol. The molecule has 4 rings (SSSR count). The molecule has 1 atom stereocenters. The first-order valence-corrected chi connectivity index (χ1v) is 9.47. The van der Waals surface area contributed by atoms with E-state index in [2.05, 4.69) is 64.5 Å². The van der Waals surface area contributed by atoms with Crippen molar-refractivity contribution in [2.24, 2.45) is 5.92 Å². The lowest BCUT2D eigenvalue weighted by atomic mass is 9.79. The first-order chi connectivity index (χ1) is 10.9. The Morgan fingerprint density at radius 2 is 1.77 bits per heavy atom. The predicted molar refractivity (Wildman–Crippen MR) is 100.0 cm³/mol. The second-order valence-corrected chi connectivity index (χ2v) is 7.32. The fraction of sp³-hybridized carbons (Fsp3) is 0.333. The van der Waals surface area contributed by atoms with Gasteiger partial charge in [0.15, 0.2) is 0 Å². The Morgan fingerprint density at radius 1 is 0.909 bits per heavy atom. The van der Waals surface area contributed by atoms with E-state index in [0.717, 1.165) is 11.2 Å². The van der Waals surface area contributed by atoms with Crippen LogP contribution in [-0.2, 0) is 12.8 Å². The summed E-state index contributed by atoms with van der Waals surface area (Å²) >= 11 is 3.56. The molecule has 3 aromatic carbocycles. The number of benzene rings is 3. The van der Waals surface area contributed by atoms with E-state index >= 15 is 0 Å². The quantitative estimate of drug-likeness (QED) is 0.384. The fourth-order valence-corrected chi connectivity index (χ4v) is 4.38. The first-order valence-electron chi connectivity index (χ1n) is 8.35. The van der Waals surface area contributed by atoms with Crippen molar-refractivity contribution < 1.29 is 0 Å². The van der Waals surface area contributed by atoms with Gasteiger partial charge < -0.3 is 0 Å². The van der Waals surface area contributed by atoms with Crippen LogP contribution in [0, 0.1) is 5.92 Å². The number of rotatable bonds is 3. The van der Waals surface area contributed by atoms with Crippen LogP contribution in [0.3, 0.4) is 0 Å². The molecule has 0 nitrogen and oxygen atoms in total. The van der Waals surface area contributed by atoms with Crippen molar-refractivity contribution in [3.63, 3.8) is 0 Å². The van der Waals surface area contributed by atoms with E-state index in [1.54, 1.807) is 11.1 Å². The molecule has 0 saturated heterocycles. The molecule has 0 spiro atoms. The molecule has 1 unspecified atom stereocenters. The minimum absolute atomic E-state index is 0.878. The minimum atomic E-state index is 0.878. The minimum Gasteiger partial charge on any atom is -0.0928 e. The largest absolute Gasteiger partial charge is 0.0928 e. The molecule has 3 aromatic rings. The zero-order chi connectivity index (χ0) is 14.9. The summed E-state index contributed by atoms with van der Waals surface area (Å²) < 4.78 is 0. The lowest BCUT2D eigenvalue weighted by Gasteiger charge is -2.26. The van der Waals surface area contributed by atoms with Crippen molar-refractivity contribution in [3.8, 4) is 0 Å². The first kappa shape index (κ1) is 14.3. The van der Waals surface area contributed by atoms with Crippen LogP contribution in [0.5, 0.6) is 0 Å². The van der Waals surface area contributed by atoms with E-state index in [1.807, 2.05) is 0 Å². The molecule has 112 valence electrons. The molecule has 0 N–H and O–H groups in total. The van der Waals surface area contributed by atoms with Gasteiger partial charge in [0.2, 0.25) is 0 Å². The highest BCUT2D eigenvalue weighted by Crippen LogP contribution is 2.35. The number of hydrogen-bond acceptors (Lipinski definition) is 0. The molecule has 1 aliphatic carbocycles. The van der Waals surface area contributed by atoms with Gasteiger partial charge >= 0.3 is 0 Å². The van der Waals surface area contributed by atoms with E-state index in [0.29, 0.717) is 0 Å². The molecule has 1 heteroatoms. The van der Waals surface area contributed by atoms with Gasteiger partial charge in [0.1, 0.15) is 0 Å². The van der Waals surface area contributed by atoms with Crippen LogP contribution >= 0.6 is 15.9 Å². The predicted octanol–water partition coefficient (Wildman–Crippen LogP) is 6.27. The van der Waals surface area contributed by atoms with Gasteiger partial charge in [0.25, 0.3) is 0 Å². The van der Waals surface area contributed by atoms with Crippen LogP contribution in [0.25, 0.3) is 21.5 Å². The van der Waals surface area contributed by atoms with Crippen molar-refractivity contribution in [2.45, 2.75) is 32.1 Å². The molecular formula is C21H21Br. The van der Waals surface area contributed by atoms with Gasteiger partial charge in [0.05, 0.1) is 0 Å². The lowest BCUT2D eigenvalue weighted by molar-refractivity contribution is 0.426. The van der Waals surface area contributed by atoms with Gasteiger partial charge in [-0.05, 0) is 70.7 Å². The summed E-state index contributed by atoms with van der Waals surface area (Å²) in [5.74, 6) is 0.878. The number of fused-ring (bicyclic) bond motifs is 5. The van der Waals surface area contributed by atoms with Gasteiger partial charge in [-0.25, -0.2) is 0 Å². The Bertz CT molecular complexity index is 819. The summed E-state index contributed by atoms with van der Waals surface area (Å²) in [6.45, 7) is 0. The van der Waals surface area contributed by atoms with Gasteiger partial charge in [0, 0.05) is 5.33 Å². The highest BCUT2D eigenvalue weighted by atomic mass is 79.9. The lowest BCUT2D eigenvalue weighted by Crippen LogP contribution is -2.14. The zero-order valence-corrected chi connectivity index (χ0v) is 14.4. The van der Waals surface area contributed by atoms with E-state index in [4.69, 9.17) is 0 Å². The third-order valence-electron chi connectivity index (χ3n) is 5.19. The van der Waals surface area contributed by atoms with Crippen LogP contribution in [0.4, 0.5) is 0 Å². The molecule has 1 aliphatic rings. The average molecular weight is 353 g/mol. The van der Waals surface area contributed by atoms with E-state index in [9.17, 15) is 0 Å². The molecule has 0 saturated carbocycles. The third kappa shape index (κ3) is 2.46. The van der Waals surface area contributed by atoms with Crippen molar-refractivity contribution in [2.75, 3.05) is 5.33 Å². The standard InChI is InChI=1S/C21H21Br/c22-13-3-4-15-7-10-19-17(14-15)9-12-20-18-6-2-1-5-16(18)8-11-21(19)20/h1-2,5-6,8-9,11-12,15H,3-4,7,10,13-14H2. The summed E-state index contributed by atoms with van der Waals surface area (Å²) in [6.07, 6.45) is 6.54. The molecule has 0 aromatic heterocycles. The molecule has 0 bridgehead atoms. The monoisotopic (exact) mass is 352 g/mol. The van der Waals surface area contributed by atoms with Gasteiger partial charge in [-0.1, -0.05) is 64.5 Å². The molecule has 22 heavy (non-hydrogen) atoms. The number of halogens is 1. The van der Waals surface area contributed by atoms with Gasteiger partial charge in [-0.3, -0.25) is 0 Å². The number of alkyl halides is 1. The smallest absolute Gasteiger partial charge is 0.00314 e. The second kappa shape index (κ2) is 6.04. The molecule has 0 radical (unpaired) electrons. The van der Waals surface area contributed by atoms with Crippen LogP contribution in [-0.4, -0.2) is 5.33 Å². The second-order valence-electron chi connectivity index (χ2n) is 6.53. The maximum absolute atomic E-state index is 3.56. The number of aryl methyl sites for hydroxylation is 1. The van der Waals surface area contributed by atoms with Crippen LogP contribution < -0.4 is 0 Å². The summed E-state index contributed by atoms with van der Waals surface area (Å²) in [5, 5.41) is 6.79. The fourth-order valence-electron chi connectivity index (χ4n) is 4.06. The van der Waals surface area contributed by atoms with Gasteiger partial charge in [-0.2, -0.15) is 0 Å². The van der Waals surface area contributed by atoms with Gasteiger partial charge in [-0.15, -0.1) is 0 Å². The maximum Gasteiger partial charge on any atom is 0.00314 e. The third-order valence-corrected chi connectivity index (χ3v) is 5.75. The SMILES string of the molecule is BrCCCC1CCc2c(ccc3c2ccc2ccccc23)C1. The summed E-state index contributed by atoms with van der Waals surface area (Å²) in [7, 11) is 0. The molecule has 0 aliphatic heterocycles. The molecule has 0 fully saturated rings. The van der Waals surface area contributed by atoms with E-state index in [1.165, 1.54) is 53.6 Å². The van der Waals surface area contributed by atoms with Crippen molar-refractivity contribution in [1.29, 1.82) is 0 Å². The average Bonchev–Trinajstić information content (AvgIpc) is 2.59. The Morgan fingerprint density at radius 3 is 2.68 bits per heavy atom. The zero-order valence-electron chi connectivity index (χ0n) is 12.8. The normalized spacial score (nSPS) is 17.8. The Balaban J connectivity index is 1.79. The van der Waals surface area contributed by atoms with Crippen LogP contribution in [0.15, 0.2) is 48.5 Å². The molecule has 0 amide bonds.